The summed E-state index contributed by atoms with van der Waals surface area (Å²) < 4.78 is 29.5. The van der Waals surface area contributed by atoms with Crippen molar-refractivity contribution in [2.24, 2.45) is 0 Å². The number of carbonyl (C=O) groups is 1. The summed E-state index contributed by atoms with van der Waals surface area (Å²) in [6.07, 6.45) is 0.686. The van der Waals surface area contributed by atoms with Gasteiger partial charge < -0.3 is 14.2 Å². The predicted molar refractivity (Wildman–Crippen MR) is 115 cm³/mol. The summed E-state index contributed by atoms with van der Waals surface area (Å²) in [7, 11) is -3.06. The number of sulfone groups is 1. The van der Waals surface area contributed by atoms with E-state index >= 15 is 0 Å². The third-order valence-corrected chi connectivity index (χ3v) is 8.01. The summed E-state index contributed by atoms with van der Waals surface area (Å²) >= 11 is 1.45. The van der Waals surface area contributed by atoms with Crippen LogP contribution in [0.15, 0.2) is 21.9 Å². The number of hydrogen-bond donors (Lipinski definition) is 0. The van der Waals surface area contributed by atoms with Gasteiger partial charge in [0.25, 0.3) is 0 Å². The molecule has 0 radical (unpaired) electrons. The Labute approximate surface area is 176 Å². The van der Waals surface area contributed by atoms with Crippen molar-refractivity contribution in [3.8, 4) is 10.8 Å². The van der Waals surface area contributed by atoms with Crippen LogP contribution in [0.2, 0.25) is 0 Å². The van der Waals surface area contributed by atoms with Gasteiger partial charge in [0, 0.05) is 24.5 Å². The lowest BCUT2D eigenvalue weighted by atomic mass is 10.2. The monoisotopic (exact) mass is 439 g/mol. The maximum Gasteiger partial charge on any atom is 0.228 e. The van der Waals surface area contributed by atoms with Crippen molar-refractivity contribution >= 4 is 27.1 Å². The number of nitrogens with zero attached hydrogens (tertiary/aromatic N) is 3. The standard InChI is InChI=1S/C20H29N3O4S2/c1-4-22(5-2)9-10-23(17-8-11-29(25,26)14-17)19(24)12-16-13-28-20(21-16)18-7-6-15(3)27-18/h6-7,13,17H,4-5,8-12,14H2,1-3H3. The molecule has 160 valence electrons. The van der Waals surface area contributed by atoms with E-state index in [0.29, 0.717) is 24.4 Å². The lowest BCUT2D eigenvalue weighted by Crippen LogP contribution is -2.46. The topological polar surface area (TPSA) is 83.7 Å². The van der Waals surface area contributed by atoms with Crippen LogP contribution < -0.4 is 0 Å². The van der Waals surface area contributed by atoms with E-state index in [1.165, 1.54) is 11.3 Å². The Morgan fingerprint density at radius 2 is 2.03 bits per heavy atom. The van der Waals surface area contributed by atoms with E-state index in [4.69, 9.17) is 4.42 Å². The SMILES string of the molecule is CCN(CC)CCN(C(=O)Cc1csc(-c2ccc(C)o2)n1)C1CCS(=O)(=O)C1. The molecule has 1 atom stereocenters. The Balaban J connectivity index is 1.71. The third kappa shape index (κ3) is 5.67. The molecule has 0 bridgehead atoms. The Bertz CT molecular complexity index is 931. The molecule has 9 heteroatoms. The number of carbonyl (C=O) groups excluding carboxylic acids is 1. The molecule has 0 spiro atoms. The van der Waals surface area contributed by atoms with E-state index < -0.39 is 9.84 Å². The molecule has 29 heavy (non-hydrogen) atoms. The molecule has 2 aromatic rings. The molecule has 1 aliphatic heterocycles. The smallest absolute Gasteiger partial charge is 0.228 e. The molecule has 0 saturated carbocycles. The van der Waals surface area contributed by atoms with Gasteiger partial charge in [0.2, 0.25) is 5.91 Å². The van der Waals surface area contributed by atoms with Crippen LogP contribution in [0.25, 0.3) is 10.8 Å². The molecule has 3 rings (SSSR count). The molecule has 3 heterocycles. The van der Waals surface area contributed by atoms with Gasteiger partial charge in [-0.05, 0) is 38.6 Å². The zero-order valence-corrected chi connectivity index (χ0v) is 18.9. The highest BCUT2D eigenvalue weighted by Crippen LogP contribution is 2.26. The minimum absolute atomic E-state index is 0.0605. The fraction of sp³-hybridized carbons (Fsp3) is 0.600. The highest BCUT2D eigenvalue weighted by Gasteiger charge is 2.34. The summed E-state index contributed by atoms with van der Waals surface area (Å²) in [5, 5.41) is 2.62. The Kier molecular flexibility index (Phi) is 7.13. The maximum absolute atomic E-state index is 13.1. The normalized spacial score (nSPS) is 18.4. The number of furan rings is 1. The van der Waals surface area contributed by atoms with Gasteiger partial charge in [-0.1, -0.05) is 13.8 Å². The van der Waals surface area contributed by atoms with Crippen molar-refractivity contribution in [2.45, 2.75) is 39.7 Å². The van der Waals surface area contributed by atoms with Crippen molar-refractivity contribution in [1.82, 2.24) is 14.8 Å². The fourth-order valence-electron chi connectivity index (χ4n) is 3.63. The number of amides is 1. The van der Waals surface area contributed by atoms with Crippen molar-refractivity contribution in [1.29, 1.82) is 0 Å². The molecule has 2 aromatic heterocycles. The van der Waals surface area contributed by atoms with Crippen LogP contribution in [0.1, 0.15) is 31.7 Å². The van der Waals surface area contributed by atoms with Gasteiger partial charge in [0.15, 0.2) is 20.6 Å². The molecule has 1 amide bonds. The lowest BCUT2D eigenvalue weighted by Gasteiger charge is -2.30. The Morgan fingerprint density at radius 1 is 1.28 bits per heavy atom. The van der Waals surface area contributed by atoms with Crippen LogP contribution in [0, 0.1) is 6.92 Å². The van der Waals surface area contributed by atoms with Gasteiger partial charge in [-0.15, -0.1) is 11.3 Å². The van der Waals surface area contributed by atoms with Crippen molar-refractivity contribution in [3.05, 3.63) is 29.0 Å². The highest BCUT2D eigenvalue weighted by molar-refractivity contribution is 7.91. The first-order valence-corrected chi connectivity index (χ1v) is 12.7. The van der Waals surface area contributed by atoms with Gasteiger partial charge in [0.05, 0.1) is 23.6 Å². The predicted octanol–water partition coefficient (Wildman–Crippen LogP) is 2.61. The second-order valence-electron chi connectivity index (χ2n) is 7.40. The number of aryl methyl sites for hydroxylation is 1. The average Bonchev–Trinajstić information content (AvgIpc) is 3.39. The van der Waals surface area contributed by atoms with E-state index in [-0.39, 0.29) is 29.9 Å². The van der Waals surface area contributed by atoms with Crippen LogP contribution in [-0.2, 0) is 21.1 Å². The third-order valence-electron chi connectivity index (χ3n) is 5.36. The minimum atomic E-state index is -3.06. The molecule has 0 N–H and O–H groups in total. The molecule has 1 aliphatic rings. The van der Waals surface area contributed by atoms with E-state index in [9.17, 15) is 13.2 Å². The van der Waals surface area contributed by atoms with Crippen molar-refractivity contribution < 1.29 is 17.6 Å². The molecular formula is C20H29N3O4S2. The molecule has 0 aromatic carbocycles. The maximum atomic E-state index is 13.1. The first-order chi connectivity index (χ1) is 13.8. The molecular weight excluding hydrogens is 410 g/mol. The van der Waals surface area contributed by atoms with Gasteiger partial charge in [-0.2, -0.15) is 0 Å². The second-order valence-corrected chi connectivity index (χ2v) is 10.5. The quantitative estimate of drug-likeness (QED) is 0.597. The van der Waals surface area contributed by atoms with E-state index in [1.54, 1.807) is 4.90 Å². The zero-order valence-electron chi connectivity index (χ0n) is 17.3. The summed E-state index contributed by atoms with van der Waals surface area (Å²) in [5.74, 6) is 1.67. The Hall–Kier alpha value is -1.71. The minimum Gasteiger partial charge on any atom is -0.459 e. The van der Waals surface area contributed by atoms with Crippen molar-refractivity contribution in [2.75, 3.05) is 37.7 Å². The summed E-state index contributed by atoms with van der Waals surface area (Å²) in [4.78, 5) is 21.7. The number of thiazole rings is 1. The van der Waals surface area contributed by atoms with Crippen LogP contribution in [0.5, 0.6) is 0 Å². The highest BCUT2D eigenvalue weighted by atomic mass is 32.2. The zero-order chi connectivity index (χ0) is 21.0. The molecule has 7 nitrogen and oxygen atoms in total. The largest absolute Gasteiger partial charge is 0.459 e. The average molecular weight is 440 g/mol. The van der Waals surface area contributed by atoms with Crippen LogP contribution in [-0.4, -0.2) is 72.8 Å². The molecule has 0 aliphatic carbocycles. The first kappa shape index (κ1) is 22.0. The van der Waals surface area contributed by atoms with Gasteiger partial charge in [-0.3, -0.25) is 4.79 Å². The molecule has 1 saturated heterocycles. The molecule has 1 unspecified atom stereocenters. The van der Waals surface area contributed by atoms with Crippen LogP contribution in [0.3, 0.4) is 0 Å². The number of aromatic nitrogens is 1. The number of rotatable bonds is 9. The van der Waals surface area contributed by atoms with E-state index in [2.05, 4.69) is 23.7 Å². The van der Waals surface area contributed by atoms with Gasteiger partial charge >= 0.3 is 0 Å². The second kappa shape index (κ2) is 9.40. The lowest BCUT2D eigenvalue weighted by molar-refractivity contribution is -0.132. The fourth-order valence-corrected chi connectivity index (χ4v) is 6.14. The summed E-state index contributed by atoms with van der Waals surface area (Å²) in [6, 6.07) is 3.52. The number of hydrogen-bond acceptors (Lipinski definition) is 7. The summed E-state index contributed by atoms with van der Waals surface area (Å²) in [5.41, 5.74) is 0.692. The first-order valence-electron chi connectivity index (χ1n) is 10.0. The van der Waals surface area contributed by atoms with Crippen LogP contribution in [0.4, 0.5) is 0 Å². The van der Waals surface area contributed by atoms with E-state index in [0.717, 1.165) is 30.4 Å². The van der Waals surface area contributed by atoms with Crippen molar-refractivity contribution in [3.63, 3.8) is 0 Å². The number of likely N-dealkylation sites (N-methyl/N-ethyl adjacent to an activating group) is 1. The van der Waals surface area contributed by atoms with Gasteiger partial charge in [-0.25, -0.2) is 13.4 Å². The van der Waals surface area contributed by atoms with Gasteiger partial charge in [0.1, 0.15) is 5.76 Å². The Morgan fingerprint density at radius 3 is 2.62 bits per heavy atom. The molecule has 1 fully saturated rings. The summed E-state index contributed by atoms with van der Waals surface area (Å²) in [6.45, 7) is 9.13. The van der Waals surface area contributed by atoms with E-state index in [1.807, 2.05) is 24.4 Å². The van der Waals surface area contributed by atoms with Crippen LogP contribution >= 0.6 is 11.3 Å².